The van der Waals surface area contributed by atoms with Gasteiger partial charge in [-0.2, -0.15) is 0 Å². The molecule has 1 saturated carbocycles. The molecule has 0 aromatic carbocycles. The van der Waals surface area contributed by atoms with Crippen LogP contribution in [0.3, 0.4) is 0 Å². The highest BCUT2D eigenvalue weighted by Gasteiger charge is 2.28. The molecule has 16 heavy (non-hydrogen) atoms. The summed E-state index contributed by atoms with van der Waals surface area (Å²) in [7, 11) is 0. The number of carbonyl (C=O) groups is 1. The fraction of sp³-hybridized carbons (Fsp3) is 0.923. The van der Waals surface area contributed by atoms with Crippen molar-refractivity contribution in [3.63, 3.8) is 0 Å². The van der Waals surface area contributed by atoms with Gasteiger partial charge < -0.3 is 11.1 Å². The van der Waals surface area contributed by atoms with E-state index in [0.717, 1.165) is 25.8 Å². The van der Waals surface area contributed by atoms with Crippen molar-refractivity contribution in [2.45, 2.75) is 53.0 Å². The van der Waals surface area contributed by atoms with Crippen LogP contribution in [0, 0.1) is 17.3 Å². The molecule has 0 aliphatic heterocycles. The van der Waals surface area contributed by atoms with Gasteiger partial charge in [0.1, 0.15) is 0 Å². The fourth-order valence-corrected chi connectivity index (χ4v) is 1.96. The lowest BCUT2D eigenvalue weighted by Gasteiger charge is -2.27. The van der Waals surface area contributed by atoms with Crippen molar-refractivity contribution in [1.29, 1.82) is 0 Å². The van der Waals surface area contributed by atoms with Crippen LogP contribution in [-0.2, 0) is 4.79 Å². The van der Waals surface area contributed by atoms with Gasteiger partial charge in [-0.15, -0.1) is 0 Å². The SMILES string of the molecule is CC(CNC(=O)C1CCC(N)C1)C(C)(C)C. The molecule has 94 valence electrons. The van der Waals surface area contributed by atoms with E-state index < -0.39 is 0 Å². The molecule has 0 bridgehead atoms. The first-order valence-electron chi connectivity index (χ1n) is 6.34. The lowest BCUT2D eigenvalue weighted by Crippen LogP contribution is -2.37. The van der Waals surface area contributed by atoms with Crippen LogP contribution in [0.15, 0.2) is 0 Å². The van der Waals surface area contributed by atoms with E-state index in [2.05, 4.69) is 33.0 Å². The maximum Gasteiger partial charge on any atom is 0.223 e. The summed E-state index contributed by atoms with van der Waals surface area (Å²) in [4.78, 5) is 11.9. The average molecular weight is 226 g/mol. The normalized spacial score (nSPS) is 27.8. The van der Waals surface area contributed by atoms with Gasteiger partial charge in [0, 0.05) is 18.5 Å². The van der Waals surface area contributed by atoms with Crippen molar-refractivity contribution in [3.05, 3.63) is 0 Å². The first-order valence-corrected chi connectivity index (χ1v) is 6.34. The minimum Gasteiger partial charge on any atom is -0.356 e. The summed E-state index contributed by atoms with van der Waals surface area (Å²) in [6.45, 7) is 9.56. The second kappa shape index (κ2) is 5.17. The number of nitrogens with two attached hydrogens (primary N) is 1. The highest BCUT2D eigenvalue weighted by molar-refractivity contribution is 5.79. The first kappa shape index (κ1) is 13.5. The molecule has 0 saturated heterocycles. The topological polar surface area (TPSA) is 55.1 Å². The summed E-state index contributed by atoms with van der Waals surface area (Å²) in [5.74, 6) is 0.845. The van der Waals surface area contributed by atoms with Crippen LogP contribution in [0.25, 0.3) is 0 Å². The molecular weight excluding hydrogens is 200 g/mol. The number of carbonyl (C=O) groups excluding carboxylic acids is 1. The van der Waals surface area contributed by atoms with Gasteiger partial charge in [0.25, 0.3) is 0 Å². The minimum atomic E-state index is 0.155. The third-order valence-electron chi connectivity index (χ3n) is 3.90. The number of hydrogen-bond donors (Lipinski definition) is 2. The van der Waals surface area contributed by atoms with E-state index in [1.165, 1.54) is 0 Å². The maximum atomic E-state index is 11.9. The van der Waals surface area contributed by atoms with Crippen molar-refractivity contribution >= 4 is 5.91 Å². The van der Waals surface area contributed by atoms with Gasteiger partial charge in [0.15, 0.2) is 0 Å². The summed E-state index contributed by atoms with van der Waals surface area (Å²) in [5, 5.41) is 3.06. The predicted molar refractivity (Wildman–Crippen MR) is 66.9 cm³/mol. The Morgan fingerprint density at radius 3 is 2.50 bits per heavy atom. The van der Waals surface area contributed by atoms with Gasteiger partial charge in [0.05, 0.1) is 0 Å². The van der Waals surface area contributed by atoms with Gasteiger partial charge in [-0.1, -0.05) is 27.7 Å². The van der Waals surface area contributed by atoms with Gasteiger partial charge in [-0.3, -0.25) is 4.79 Å². The summed E-state index contributed by atoms with van der Waals surface area (Å²) < 4.78 is 0. The van der Waals surface area contributed by atoms with Gasteiger partial charge >= 0.3 is 0 Å². The van der Waals surface area contributed by atoms with Crippen molar-refractivity contribution in [3.8, 4) is 0 Å². The summed E-state index contributed by atoms with van der Waals surface area (Å²) in [6.07, 6.45) is 2.81. The Labute approximate surface area is 99.2 Å². The van der Waals surface area contributed by atoms with Crippen LogP contribution in [-0.4, -0.2) is 18.5 Å². The zero-order valence-electron chi connectivity index (χ0n) is 11.0. The monoisotopic (exact) mass is 226 g/mol. The predicted octanol–water partition coefficient (Wildman–Crippen LogP) is 1.91. The standard InChI is InChI=1S/C13H26N2O/c1-9(13(2,3)4)8-15-12(16)10-5-6-11(14)7-10/h9-11H,5-8,14H2,1-4H3,(H,15,16). The average Bonchev–Trinajstić information content (AvgIpc) is 2.59. The second-order valence-corrected chi connectivity index (χ2v) is 6.28. The molecule has 0 aromatic rings. The molecule has 0 radical (unpaired) electrons. The third kappa shape index (κ3) is 3.78. The van der Waals surface area contributed by atoms with Crippen molar-refractivity contribution in [1.82, 2.24) is 5.32 Å². The van der Waals surface area contributed by atoms with E-state index in [1.807, 2.05) is 0 Å². The zero-order valence-corrected chi connectivity index (χ0v) is 11.0. The number of amides is 1. The number of rotatable bonds is 3. The molecule has 3 N–H and O–H groups in total. The Bertz CT molecular complexity index is 245. The largest absolute Gasteiger partial charge is 0.356 e. The van der Waals surface area contributed by atoms with E-state index in [9.17, 15) is 4.79 Å². The molecule has 3 atom stereocenters. The molecule has 0 spiro atoms. The molecule has 1 fully saturated rings. The fourth-order valence-electron chi connectivity index (χ4n) is 1.96. The Morgan fingerprint density at radius 2 is 2.06 bits per heavy atom. The Hall–Kier alpha value is -0.570. The summed E-state index contributed by atoms with van der Waals surface area (Å²) in [6, 6.07) is 0.232. The summed E-state index contributed by atoms with van der Waals surface area (Å²) >= 11 is 0. The molecule has 1 aliphatic rings. The van der Waals surface area contributed by atoms with E-state index in [-0.39, 0.29) is 23.3 Å². The van der Waals surface area contributed by atoms with Crippen molar-refractivity contribution < 1.29 is 4.79 Å². The molecule has 3 nitrogen and oxygen atoms in total. The lowest BCUT2D eigenvalue weighted by atomic mass is 9.82. The van der Waals surface area contributed by atoms with E-state index in [0.29, 0.717) is 5.92 Å². The summed E-state index contributed by atoms with van der Waals surface area (Å²) in [5.41, 5.74) is 6.06. The van der Waals surface area contributed by atoms with Crippen LogP contribution in [0.5, 0.6) is 0 Å². The number of nitrogens with one attached hydrogen (secondary N) is 1. The van der Waals surface area contributed by atoms with Gasteiger partial charge in [-0.25, -0.2) is 0 Å². The molecule has 1 rings (SSSR count). The van der Waals surface area contributed by atoms with Gasteiger partial charge in [0.2, 0.25) is 5.91 Å². The highest BCUT2D eigenvalue weighted by atomic mass is 16.1. The first-order chi connectivity index (χ1) is 7.30. The van der Waals surface area contributed by atoms with Crippen molar-refractivity contribution in [2.75, 3.05) is 6.54 Å². The minimum absolute atomic E-state index is 0.155. The van der Waals surface area contributed by atoms with Crippen LogP contribution >= 0.6 is 0 Å². The van der Waals surface area contributed by atoms with Crippen LogP contribution in [0.1, 0.15) is 47.0 Å². The molecule has 3 unspecified atom stereocenters. The quantitative estimate of drug-likeness (QED) is 0.772. The number of hydrogen-bond acceptors (Lipinski definition) is 2. The molecule has 3 heteroatoms. The molecule has 1 amide bonds. The van der Waals surface area contributed by atoms with Crippen LogP contribution in [0.2, 0.25) is 0 Å². The third-order valence-corrected chi connectivity index (χ3v) is 3.90. The van der Waals surface area contributed by atoms with E-state index in [1.54, 1.807) is 0 Å². The van der Waals surface area contributed by atoms with E-state index >= 15 is 0 Å². The Balaban J connectivity index is 2.30. The lowest BCUT2D eigenvalue weighted by molar-refractivity contribution is -0.125. The zero-order chi connectivity index (χ0) is 12.3. The van der Waals surface area contributed by atoms with Crippen LogP contribution < -0.4 is 11.1 Å². The Morgan fingerprint density at radius 1 is 1.44 bits per heavy atom. The molecule has 0 aromatic heterocycles. The van der Waals surface area contributed by atoms with Crippen molar-refractivity contribution in [2.24, 2.45) is 23.0 Å². The Kier molecular flexibility index (Phi) is 4.36. The highest BCUT2D eigenvalue weighted by Crippen LogP contribution is 2.26. The van der Waals surface area contributed by atoms with Crippen LogP contribution in [0.4, 0.5) is 0 Å². The molecule has 1 aliphatic carbocycles. The van der Waals surface area contributed by atoms with E-state index in [4.69, 9.17) is 5.73 Å². The second-order valence-electron chi connectivity index (χ2n) is 6.28. The van der Waals surface area contributed by atoms with Gasteiger partial charge in [-0.05, 0) is 30.6 Å². The maximum absolute atomic E-state index is 11.9. The molecular formula is C13H26N2O. The molecule has 0 heterocycles. The smallest absolute Gasteiger partial charge is 0.223 e.